The third-order valence-corrected chi connectivity index (χ3v) is 4.29. The lowest BCUT2D eigenvalue weighted by molar-refractivity contribution is -0.130. The van der Waals surface area contributed by atoms with Crippen molar-refractivity contribution in [2.24, 2.45) is 5.92 Å². The molecule has 1 amide bonds. The Morgan fingerprint density at radius 1 is 1.40 bits per heavy atom. The fraction of sp³-hybridized carbons (Fsp3) is 0.562. The summed E-state index contributed by atoms with van der Waals surface area (Å²) in [6.45, 7) is 2.57. The van der Waals surface area contributed by atoms with Gasteiger partial charge in [0.1, 0.15) is 11.9 Å². The van der Waals surface area contributed by atoms with Crippen LogP contribution in [0.3, 0.4) is 0 Å². The lowest BCUT2D eigenvalue weighted by Crippen LogP contribution is -2.38. The number of para-hydroxylation sites is 1. The van der Waals surface area contributed by atoms with Crippen LogP contribution in [0.5, 0.6) is 5.75 Å². The molecule has 0 spiro atoms. The molecule has 1 aromatic carbocycles. The second-order valence-electron chi connectivity index (χ2n) is 5.85. The van der Waals surface area contributed by atoms with Crippen LogP contribution in [-0.2, 0) is 4.79 Å². The molecular formula is C16H22N2O2. The third kappa shape index (κ3) is 2.52. The summed E-state index contributed by atoms with van der Waals surface area (Å²) in [6, 6.07) is 8.21. The summed E-state index contributed by atoms with van der Waals surface area (Å²) in [7, 11) is 1.67. The number of carbonyl (C=O) groups is 1. The highest BCUT2D eigenvalue weighted by Gasteiger charge is 2.38. The molecule has 0 bridgehead atoms. The summed E-state index contributed by atoms with van der Waals surface area (Å²) in [6.07, 6.45) is 3.68. The van der Waals surface area contributed by atoms with Gasteiger partial charge in [0.2, 0.25) is 5.91 Å². The van der Waals surface area contributed by atoms with E-state index in [4.69, 9.17) is 4.74 Å². The maximum atomic E-state index is 12.2. The van der Waals surface area contributed by atoms with Crippen molar-refractivity contribution in [2.75, 3.05) is 13.7 Å². The molecule has 2 aliphatic rings. The topological polar surface area (TPSA) is 41.6 Å². The summed E-state index contributed by atoms with van der Waals surface area (Å²) in [5.41, 5.74) is 1.04. The van der Waals surface area contributed by atoms with Gasteiger partial charge in [0.25, 0.3) is 0 Å². The second kappa shape index (κ2) is 5.44. The van der Waals surface area contributed by atoms with Gasteiger partial charge in [0.15, 0.2) is 0 Å². The van der Waals surface area contributed by atoms with E-state index in [0.717, 1.165) is 23.7 Å². The lowest BCUT2D eigenvalue weighted by atomic mass is 10.1. The monoisotopic (exact) mass is 274 g/mol. The SMILES string of the molecule is COc1ccccc1C1NCC(=O)N1C(C)CC1CC1. The average Bonchev–Trinajstić information content (AvgIpc) is 3.18. The van der Waals surface area contributed by atoms with Gasteiger partial charge in [-0.25, -0.2) is 0 Å². The molecule has 0 radical (unpaired) electrons. The molecular weight excluding hydrogens is 252 g/mol. The zero-order chi connectivity index (χ0) is 14.1. The molecule has 1 saturated carbocycles. The average molecular weight is 274 g/mol. The summed E-state index contributed by atoms with van der Waals surface area (Å²) >= 11 is 0. The molecule has 20 heavy (non-hydrogen) atoms. The molecule has 0 aromatic heterocycles. The number of methoxy groups -OCH3 is 1. The minimum atomic E-state index is -0.0626. The Morgan fingerprint density at radius 2 is 2.15 bits per heavy atom. The van der Waals surface area contributed by atoms with E-state index in [0.29, 0.717) is 6.54 Å². The third-order valence-electron chi connectivity index (χ3n) is 4.29. The first kappa shape index (κ1) is 13.4. The highest BCUT2D eigenvalue weighted by atomic mass is 16.5. The molecule has 1 saturated heterocycles. The maximum absolute atomic E-state index is 12.2. The van der Waals surface area contributed by atoms with Crippen LogP contribution in [-0.4, -0.2) is 30.5 Å². The molecule has 2 unspecified atom stereocenters. The smallest absolute Gasteiger partial charge is 0.238 e. The quantitative estimate of drug-likeness (QED) is 0.896. The Morgan fingerprint density at radius 3 is 2.85 bits per heavy atom. The molecule has 4 nitrogen and oxygen atoms in total. The molecule has 1 aliphatic heterocycles. The molecule has 108 valence electrons. The number of hydrogen-bond donors (Lipinski definition) is 1. The summed E-state index contributed by atoms with van der Waals surface area (Å²) in [5, 5.41) is 3.32. The van der Waals surface area contributed by atoms with Gasteiger partial charge in [-0.1, -0.05) is 31.0 Å². The lowest BCUT2D eigenvalue weighted by Gasteiger charge is -2.31. The zero-order valence-electron chi connectivity index (χ0n) is 12.1. The van der Waals surface area contributed by atoms with Gasteiger partial charge in [-0.3, -0.25) is 10.1 Å². The molecule has 2 atom stereocenters. The molecule has 2 fully saturated rings. The summed E-state index contributed by atoms with van der Waals surface area (Å²) in [4.78, 5) is 14.2. The Kier molecular flexibility index (Phi) is 3.66. The van der Waals surface area contributed by atoms with Crippen LogP contribution in [0.1, 0.15) is 37.9 Å². The van der Waals surface area contributed by atoms with E-state index in [1.165, 1.54) is 12.8 Å². The minimum absolute atomic E-state index is 0.0626. The fourth-order valence-corrected chi connectivity index (χ4v) is 3.12. The predicted molar refractivity (Wildman–Crippen MR) is 77.4 cm³/mol. The molecule has 1 aromatic rings. The van der Waals surface area contributed by atoms with Gasteiger partial charge in [-0.05, 0) is 25.3 Å². The summed E-state index contributed by atoms with van der Waals surface area (Å²) in [5.74, 6) is 1.84. The number of rotatable bonds is 5. The van der Waals surface area contributed by atoms with Gasteiger partial charge in [0, 0.05) is 11.6 Å². The molecule has 1 N–H and O–H groups in total. The van der Waals surface area contributed by atoms with Crippen LogP contribution in [0.15, 0.2) is 24.3 Å². The highest BCUT2D eigenvalue weighted by Crippen LogP contribution is 2.38. The Hall–Kier alpha value is -1.55. The minimum Gasteiger partial charge on any atom is -0.496 e. The molecule has 4 heteroatoms. The van der Waals surface area contributed by atoms with Gasteiger partial charge in [0.05, 0.1) is 13.7 Å². The van der Waals surface area contributed by atoms with E-state index < -0.39 is 0 Å². The van der Waals surface area contributed by atoms with E-state index in [-0.39, 0.29) is 18.1 Å². The Balaban J connectivity index is 1.84. The van der Waals surface area contributed by atoms with E-state index in [1.54, 1.807) is 7.11 Å². The van der Waals surface area contributed by atoms with Crippen molar-refractivity contribution >= 4 is 5.91 Å². The van der Waals surface area contributed by atoms with E-state index in [1.807, 2.05) is 29.2 Å². The maximum Gasteiger partial charge on any atom is 0.238 e. The standard InChI is InChI=1S/C16H22N2O2/c1-11(9-12-7-8-12)18-15(19)10-17-16(18)13-5-3-4-6-14(13)20-2/h3-6,11-12,16-17H,7-10H2,1-2H3. The second-order valence-corrected chi connectivity index (χ2v) is 5.85. The highest BCUT2D eigenvalue weighted by molar-refractivity contribution is 5.81. The van der Waals surface area contributed by atoms with Crippen LogP contribution < -0.4 is 10.1 Å². The van der Waals surface area contributed by atoms with Crippen molar-refractivity contribution < 1.29 is 9.53 Å². The van der Waals surface area contributed by atoms with Crippen molar-refractivity contribution in [3.8, 4) is 5.75 Å². The van der Waals surface area contributed by atoms with Gasteiger partial charge >= 0.3 is 0 Å². The first-order chi connectivity index (χ1) is 9.70. The van der Waals surface area contributed by atoms with Gasteiger partial charge < -0.3 is 9.64 Å². The molecule has 1 heterocycles. The number of nitrogens with zero attached hydrogens (tertiary/aromatic N) is 1. The Labute approximate surface area is 120 Å². The number of ether oxygens (including phenoxy) is 1. The van der Waals surface area contributed by atoms with Gasteiger partial charge in [-0.2, -0.15) is 0 Å². The van der Waals surface area contributed by atoms with Crippen LogP contribution >= 0.6 is 0 Å². The molecule has 1 aliphatic carbocycles. The Bertz CT molecular complexity index is 499. The van der Waals surface area contributed by atoms with Crippen LogP contribution in [0.2, 0.25) is 0 Å². The van der Waals surface area contributed by atoms with Crippen molar-refractivity contribution in [1.29, 1.82) is 0 Å². The number of hydrogen-bond acceptors (Lipinski definition) is 3. The van der Waals surface area contributed by atoms with Crippen molar-refractivity contribution in [3.63, 3.8) is 0 Å². The van der Waals surface area contributed by atoms with Crippen molar-refractivity contribution in [2.45, 2.75) is 38.4 Å². The largest absolute Gasteiger partial charge is 0.496 e. The van der Waals surface area contributed by atoms with Crippen LogP contribution in [0, 0.1) is 5.92 Å². The van der Waals surface area contributed by atoms with E-state index in [2.05, 4.69) is 12.2 Å². The van der Waals surface area contributed by atoms with Crippen molar-refractivity contribution in [3.05, 3.63) is 29.8 Å². The van der Waals surface area contributed by atoms with Gasteiger partial charge in [-0.15, -0.1) is 0 Å². The first-order valence-electron chi connectivity index (χ1n) is 7.38. The van der Waals surface area contributed by atoms with E-state index >= 15 is 0 Å². The normalized spacial score (nSPS) is 24.0. The van der Waals surface area contributed by atoms with Crippen LogP contribution in [0.25, 0.3) is 0 Å². The molecule has 3 rings (SSSR count). The summed E-state index contributed by atoms with van der Waals surface area (Å²) < 4.78 is 5.44. The number of carbonyl (C=O) groups excluding carboxylic acids is 1. The predicted octanol–water partition coefficient (Wildman–Crippen LogP) is 2.31. The zero-order valence-corrected chi connectivity index (χ0v) is 12.1. The van der Waals surface area contributed by atoms with E-state index in [9.17, 15) is 4.79 Å². The van der Waals surface area contributed by atoms with Crippen molar-refractivity contribution in [1.82, 2.24) is 10.2 Å². The fourth-order valence-electron chi connectivity index (χ4n) is 3.12. The van der Waals surface area contributed by atoms with Crippen LogP contribution in [0.4, 0.5) is 0 Å². The number of benzene rings is 1. The number of amides is 1. The number of nitrogens with one attached hydrogen (secondary N) is 1. The first-order valence-corrected chi connectivity index (χ1v) is 7.38.